The van der Waals surface area contributed by atoms with Gasteiger partial charge in [0.15, 0.2) is 0 Å². The summed E-state index contributed by atoms with van der Waals surface area (Å²) in [7, 11) is 0. The van der Waals surface area contributed by atoms with E-state index >= 15 is 0 Å². The largest absolute Gasteiger partial charge is 0.330 e. The van der Waals surface area contributed by atoms with E-state index in [1.165, 1.54) is 4.88 Å². The molecule has 3 heteroatoms. The van der Waals surface area contributed by atoms with E-state index in [2.05, 4.69) is 17.5 Å². The molecule has 0 aromatic carbocycles. The topological polar surface area (TPSA) is 26.0 Å². The highest BCUT2D eigenvalue weighted by molar-refractivity contribution is 8.93. The Labute approximate surface area is 69.7 Å². The van der Waals surface area contributed by atoms with E-state index in [1.807, 2.05) is 0 Å². The maximum atomic E-state index is 5.33. The van der Waals surface area contributed by atoms with Gasteiger partial charge in [0.25, 0.3) is 0 Å². The maximum absolute atomic E-state index is 5.33. The minimum atomic E-state index is 0. The van der Waals surface area contributed by atoms with Crippen LogP contribution in [0.5, 0.6) is 0 Å². The molecule has 9 heavy (non-hydrogen) atoms. The zero-order valence-corrected chi connectivity index (χ0v) is 7.57. The van der Waals surface area contributed by atoms with Crippen LogP contribution in [0, 0.1) is 0 Å². The van der Waals surface area contributed by atoms with Gasteiger partial charge in [-0.05, 0) is 24.4 Å². The molecule has 0 aliphatic carbocycles. The van der Waals surface area contributed by atoms with E-state index in [0.29, 0.717) is 0 Å². The van der Waals surface area contributed by atoms with E-state index < -0.39 is 0 Å². The Balaban J connectivity index is 0.000000640. The number of hydrogen-bond donors (Lipinski definition) is 1. The van der Waals surface area contributed by atoms with Crippen molar-refractivity contribution in [2.45, 2.75) is 6.42 Å². The molecule has 1 nitrogen and oxygen atoms in total. The Morgan fingerprint density at radius 1 is 1.56 bits per heavy atom. The molecule has 0 unspecified atom stereocenters. The first kappa shape index (κ1) is 9.14. The van der Waals surface area contributed by atoms with Gasteiger partial charge in [0.2, 0.25) is 0 Å². The van der Waals surface area contributed by atoms with Gasteiger partial charge < -0.3 is 5.73 Å². The number of thiophene rings is 1. The number of rotatable bonds is 2. The highest BCUT2D eigenvalue weighted by atomic mass is 79.9. The summed E-state index contributed by atoms with van der Waals surface area (Å²) in [5.74, 6) is 0. The first-order valence-corrected chi connectivity index (χ1v) is 3.54. The van der Waals surface area contributed by atoms with Gasteiger partial charge in [-0.2, -0.15) is 0 Å². The molecule has 1 aromatic rings. The Bertz CT molecular complexity index is 139. The fourth-order valence-corrected chi connectivity index (χ4v) is 1.32. The number of nitrogens with two attached hydrogens (primary N) is 1. The molecule has 1 rings (SSSR count). The lowest BCUT2D eigenvalue weighted by molar-refractivity contribution is 0.989. The molecule has 0 aliphatic heterocycles. The average molecular weight is 208 g/mol. The van der Waals surface area contributed by atoms with Crippen LogP contribution < -0.4 is 5.73 Å². The second-order valence-electron chi connectivity index (χ2n) is 1.62. The monoisotopic (exact) mass is 207 g/mol. The first-order chi connectivity index (χ1) is 3.93. The Morgan fingerprint density at radius 3 is 2.78 bits per heavy atom. The van der Waals surface area contributed by atoms with Crippen molar-refractivity contribution in [1.29, 1.82) is 0 Å². The van der Waals surface area contributed by atoms with E-state index in [1.54, 1.807) is 11.3 Å². The van der Waals surface area contributed by atoms with Crippen molar-refractivity contribution in [2.24, 2.45) is 5.73 Å². The van der Waals surface area contributed by atoms with Crippen molar-refractivity contribution in [1.82, 2.24) is 0 Å². The Kier molecular flexibility index (Phi) is 5.04. The van der Waals surface area contributed by atoms with Crippen LogP contribution in [0.25, 0.3) is 0 Å². The quantitative estimate of drug-likeness (QED) is 0.788. The van der Waals surface area contributed by atoms with Crippen LogP contribution in [0.2, 0.25) is 0 Å². The molecule has 1 heterocycles. The zero-order valence-electron chi connectivity index (χ0n) is 5.04. The van der Waals surface area contributed by atoms with Crippen LogP contribution in [0.15, 0.2) is 17.5 Å². The fraction of sp³-hybridized carbons (Fsp3) is 0.333. The van der Waals surface area contributed by atoms with Gasteiger partial charge >= 0.3 is 0 Å². The van der Waals surface area contributed by atoms with Gasteiger partial charge in [-0.3, -0.25) is 0 Å². The van der Waals surface area contributed by atoms with Crippen LogP contribution in [0.4, 0.5) is 0 Å². The summed E-state index contributed by atoms with van der Waals surface area (Å²) in [4.78, 5) is 1.38. The summed E-state index contributed by atoms with van der Waals surface area (Å²) in [6.07, 6.45) is 1.03. The summed E-state index contributed by atoms with van der Waals surface area (Å²) in [5.41, 5.74) is 5.33. The highest BCUT2D eigenvalue weighted by Gasteiger charge is 1.87. The molecule has 0 saturated carbocycles. The third-order valence-corrected chi connectivity index (χ3v) is 1.91. The molecular formula is C6H10BrNS. The highest BCUT2D eigenvalue weighted by Crippen LogP contribution is 2.07. The van der Waals surface area contributed by atoms with Gasteiger partial charge in [-0.15, -0.1) is 28.3 Å². The minimum absolute atomic E-state index is 0. The van der Waals surface area contributed by atoms with Gasteiger partial charge in [0.1, 0.15) is 0 Å². The zero-order chi connectivity index (χ0) is 5.82. The van der Waals surface area contributed by atoms with E-state index in [9.17, 15) is 0 Å². The lowest BCUT2D eigenvalue weighted by Gasteiger charge is -1.86. The summed E-state index contributed by atoms with van der Waals surface area (Å²) in [6, 6.07) is 4.16. The molecule has 0 bridgehead atoms. The molecule has 0 amide bonds. The summed E-state index contributed by atoms with van der Waals surface area (Å²) in [5, 5.41) is 2.07. The predicted octanol–water partition coefficient (Wildman–Crippen LogP) is 1.83. The van der Waals surface area contributed by atoms with E-state index in [-0.39, 0.29) is 17.0 Å². The van der Waals surface area contributed by atoms with Crippen molar-refractivity contribution < 1.29 is 0 Å². The second kappa shape index (κ2) is 4.97. The van der Waals surface area contributed by atoms with Crippen molar-refractivity contribution in [3.05, 3.63) is 22.4 Å². The van der Waals surface area contributed by atoms with Crippen molar-refractivity contribution in [2.75, 3.05) is 6.54 Å². The third kappa shape index (κ3) is 2.98. The van der Waals surface area contributed by atoms with Crippen LogP contribution in [0.1, 0.15) is 4.88 Å². The lowest BCUT2D eigenvalue weighted by atomic mass is 10.3. The Morgan fingerprint density at radius 2 is 2.33 bits per heavy atom. The van der Waals surface area contributed by atoms with Gasteiger partial charge in [0, 0.05) is 4.88 Å². The van der Waals surface area contributed by atoms with Gasteiger partial charge in [0.05, 0.1) is 0 Å². The van der Waals surface area contributed by atoms with Crippen LogP contribution in [-0.4, -0.2) is 6.54 Å². The predicted molar refractivity (Wildman–Crippen MR) is 47.4 cm³/mol. The van der Waals surface area contributed by atoms with Gasteiger partial charge in [-0.1, -0.05) is 6.07 Å². The van der Waals surface area contributed by atoms with E-state index in [0.717, 1.165) is 13.0 Å². The molecule has 0 spiro atoms. The molecule has 2 N–H and O–H groups in total. The van der Waals surface area contributed by atoms with E-state index in [4.69, 9.17) is 5.73 Å². The lowest BCUT2D eigenvalue weighted by Crippen LogP contribution is -2.00. The smallest absolute Gasteiger partial charge is 0.00577 e. The Hall–Kier alpha value is 0.140. The van der Waals surface area contributed by atoms with Crippen LogP contribution in [-0.2, 0) is 6.42 Å². The minimum Gasteiger partial charge on any atom is -0.330 e. The van der Waals surface area contributed by atoms with Crippen molar-refractivity contribution in [3.8, 4) is 0 Å². The normalized spacial score (nSPS) is 8.56. The SMILES string of the molecule is Br.NCCc1cccs1. The summed E-state index contributed by atoms with van der Waals surface area (Å²) >= 11 is 1.77. The standard InChI is InChI=1S/C6H9NS.BrH/c7-4-3-6-2-1-5-8-6;/h1-2,5H,3-4,7H2;1H. The third-order valence-electron chi connectivity index (χ3n) is 0.971. The first-order valence-electron chi connectivity index (χ1n) is 2.66. The molecule has 1 aromatic heterocycles. The summed E-state index contributed by atoms with van der Waals surface area (Å²) in [6.45, 7) is 0.764. The second-order valence-corrected chi connectivity index (χ2v) is 2.65. The molecule has 0 saturated heterocycles. The molecule has 0 atom stereocenters. The maximum Gasteiger partial charge on any atom is 0.00577 e. The van der Waals surface area contributed by atoms with Crippen molar-refractivity contribution >= 4 is 28.3 Å². The average Bonchev–Trinajstić information content (AvgIpc) is 2.19. The molecule has 0 fully saturated rings. The number of halogens is 1. The molecule has 0 aliphatic rings. The van der Waals surface area contributed by atoms with Crippen LogP contribution >= 0.6 is 28.3 Å². The summed E-state index contributed by atoms with van der Waals surface area (Å²) < 4.78 is 0. The number of hydrogen-bond acceptors (Lipinski definition) is 2. The van der Waals surface area contributed by atoms with Crippen molar-refractivity contribution in [3.63, 3.8) is 0 Å². The molecular weight excluding hydrogens is 198 g/mol. The molecule has 52 valence electrons. The van der Waals surface area contributed by atoms with Gasteiger partial charge in [-0.25, -0.2) is 0 Å². The fourth-order valence-electron chi connectivity index (χ4n) is 0.597. The van der Waals surface area contributed by atoms with Crippen LogP contribution in [0.3, 0.4) is 0 Å². The molecule has 0 radical (unpaired) electrons.